The number of hydrogen-bond donors (Lipinski definition) is 1. The van der Waals surface area contributed by atoms with Gasteiger partial charge in [0.2, 0.25) is 0 Å². The van der Waals surface area contributed by atoms with E-state index >= 15 is 0 Å². The number of fused-ring (bicyclic) bond motifs is 1. The number of amides is 2. The van der Waals surface area contributed by atoms with Crippen molar-refractivity contribution in [3.8, 4) is 0 Å². The van der Waals surface area contributed by atoms with Crippen LogP contribution in [0.15, 0.2) is 5.38 Å². The van der Waals surface area contributed by atoms with Crippen molar-refractivity contribution in [3.63, 3.8) is 0 Å². The fourth-order valence-electron chi connectivity index (χ4n) is 3.47. The summed E-state index contributed by atoms with van der Waals surface area (Å²) in [5.74, 6) is 0.628. The van der Waals surface area contributed by atoms with Gasteiger partial charge in [-0.15, -0.1) is 11.3 Å². The molecule has 0 aromatic carbocycles. The zero-order valence-electron chi connectivity index (χ0n) is 12.1. The van der Waals surface area contributed by atoms with E-state index < -0.39 is 9.84 Å². The van der Waals surface area contributed by atoms with Gasteiger partial charge in [0.15, 0.2) is 15.0 Å². The lowest BCUT2D eigenvalue weighted by Crippen LogP contribution is -2.37. The van der Waals surface area contributed by atoms with E-state index in [1.807, 2.05) is 5.38 Å². The number of urea groups is 1. The number of carbonyl (C=O) groups is 1. The number of hydrogen-bond acceptors (Lipinski definition) is 6. The maximum atomic E-state index is 12.2. The molecular formula is C13H18N4O3S2. The van der Waals surface area contributed by atoms with Crippen LogP contribution in [-0.4, -0.2) is 56.1 Å². The number of carbonyl (C=O) groups excluding carboxylic acids is 1. The van der Waals surface area contributed by atoms with Crippen LogP contribution in [0.3, 0.4) is 0 Å². The Bertz CT molecular complexity index is 696. The van der Waals surface area contributed by atoms with Gasteiger partial charge in [0, 0.05) is 18.5 Å². The van der Waals surface area contributed by atoms with Crippen LogP contribution in [0.25, 0.3) is 0 Å². The summed E-state index contributed by atoms with van der Waals surface area (Å²) in [6.07, 6.45) is 3.59. The highest BCUT2D eigenvalue weighted by atomic mass is 32.2. The van der Waals surface area contributed by atoms with Crippen molar-refractivity contribution < 1.29 is 13.2 Å². The number of rotatable bonds is 2. The van der Waals surface area contributed by atoms with Crippen LogP contribution >= 0.6 is 11.3 Å². The molecule has 22 heavy (non-hydrogen) atoms. The molecule has 0 saturated carbocycles. The van der Waals surface area contributed by atoms with Crippen molar-refractivity contribution in [2.75, 3.05) is 34.4 Å². The summed E-state index contributed by atoms with van der Waals surface area (Å²) in [4.78, 5) is 20.5. The SMILES string of the molecule is O=C1NC2CS(=O)(=O)CC2N1c1csc(N2CCCCC2)n1. The summed E-state index contributed by atoms with van der Waals surface area (Å²) in [5, 5.41) is 5.55. The van der Waals surface area contributed by atoms with Crippen molar-refractivity contribution in [3.05, 3.63) is 5.38 Å². The summed E-state index contributed by atoms with van der Waals surface area (Å²) in [5.41, 5.74) is 0. The highest BCUT2D eigenvalue weighted by Gasteiger charge is 2.50. The number of sulfone groups is 1. The topological polar surface area (TPSA) is 82.6 Å². The first-order valence-corrected chi connectivity index (χ1v) is 10.2. The molecule has 1 N–H and O–H groups in total. The van der Waals surface area contributed by atoms with E-state index in [0.29, 0.717) is 5.82 Å². The Morgan fingerprint density at radius 3 is 2.77 bits per heavy atom. The van der Waals surface area contributed by atoms with Gasteiger partial charge in [0.25, 0.3) is 0 Å². The molecule has 7 nitrogen and oxygen atoms in total. The van der Waals surface area contributed by atoms with Gasteiger partial charge < -0.3 is 10.2 Å². The van der Waals surface area contributed by atoms with E-state index in [1.54, 1.807) is 0 Å². The fraction of sp³-hybridized carbons (Fsp3) is 0.692. The van der Waals surface area contributed by atoms with Crippen molar-refractivity contribution in [1.29, 1.82) is 0 Å². The smallest absolute Gasteiger partial charge is 0.323 e. The highest BCUT2D eigenvalue weighted by Crippen LogP contribution is 2.33. The third-order valence-corrected chi connectivity index (χ3v) is 7.14. The van der Waals surface area contributed by atoms with Crippen LogP contribution < -0.4 is 15.1 Å². The van der Waals surface area contributed by atoms with Crippen LogP contribution in [0.2, 0.25) is 0 Å². The van der Waals surface area contributed by atoms with Gasteiger partial charge in [-0.05, 0) is 19.3 Å². The van der Waals surface area contributed by atoms with Gasteiger partial charge in [-0.25, -0.2) is 18.2 Å². The molecule has 3 saturated heterocycles. The predicted molar refractivity (Wildman–Crippen MR) is 85.4 cm³/mol. The van der Waals surface area contributed by atoms with Crippen LogP contribution in [0.4, 0.5) is 15.7 Å². The quantitative estimate of drug-likeness (QED) is 0.805. The summed E-state index contributed by atoms with van der Waals surface area (Å²) in [6, 6.07) is -0.869. The summed E-state index contributed by atoms with van der Waals surface area (Å²) >= 11 is 1.52. The number of nitrogens with one attached hydrogen (secondary N) is 1. The summed E-state index contributed by atoms with van der Waals surface area (Å²) < 4.78 is 23.6. The maximum absolute atomic E-state index is 12.2. The van der Waals surface area contributed by atoms with Crippen LogP contribution in [0.1, 0.15) is 19.3 Å². The second-order valence-corrected chi connectivity index (χ2v) is 9.10. The molecule has 3 aliphatic heterocycles. The molecule has 0 spiro atoms. The molecule has 1 aromatic heterocycles. The van der Waals surface area contributed by atoms with Crippen molar-refractivity contribution >= 4 is 38.2 Å². The first-order valence-electron chi connectivity index (χ1n) is 7.54. The van der Waals surface area contributed by atoms with Crippen molar-refractivity contribution in [2.24, 2.45) is 0 Å². The predicted octanol–water partition coefficient (Wildman–Crippen LogP) is 0.829. The minimum absolute atomic E-state index is 0.0208. The number of aromatic nitrogens is 1. The molecular weight excluding hydrogens is 324 g/mol. The number of anilines is 2. The first kappa shape index (κ1) is 14.3. The second-order valence-electron chi connectivity index (χ2n) is 6.11. The monoisotopic (exact) mass is 342 g/mol. The zero-order valence-corrected chi connectivity index (χ0v) is 13.7. The lowest BCUT2D eigenvalue weighted by atomic mass is 10.1. The highest BCUT2D eigenvalue weighted by molar-refractivity contribution is 7.91. The molecule has 2 unspecified atom stereocenters. The van der Waals surface area contributed by atoms with Crippen molar-refractivity contribution in [2.45, 2.75) is 31.3 Å². The maximum Gasteiger partial charge on any atom is 0.323 e. The average Bonchev–Trinajstić information content (AvgIpc) is 3.12. The third-order valence-electron chi connectivity index (χ3n) is 4.54. The van der Waals surface area contributed by atoms with E-state index in [2.05, 4.69) is 15.2 Å². The molecule has 3 aliphatic rings. The molecule has 4 heterocycles. The molecule has 3 fully saturated rings. The second kappa shape index (κ2) is 5.09. The van der Waals surface area contributed by atoms with Gasteiger partial charge in [0.1, 0.15) is 5.82 Å². The van der Waals surface area contributed by atoms with Gasteiger partial charge >= 0.3 is 6.03 Å². The minimum Gasteiger partial charge on any atom is -0.348 e. The van der Waals surface area contributed by atoms with Gasteiger partial charge in [0.05, 0.1) is 23.6 Å². The number of nitrogens with zero attached hydrogens (tertiary/aromatic N) is 3. The van der Waals surface area contributed by atoms with Crippen LogP contribution in [-0.2, 0) is 9.84 Å². The Labute approximate surface area is 133 Å². The van der Waals surface area contributed by atoms with E-state index in [9.17, 15) is 13.2 Å². The summed E-state index contributed by atoms with van der Waals surface area (Å²) in [6.45, 7) is 2.00. The summed E-state index contributed by atoms with van der Waals surface area (Å²) in [7, 11) is -3.07. The minimum atomic E-state index is -3.07. The molecule has 2 atom stereocenters. The van der Waals surface area contributed by atoms with E-state index in [-0.39, 0.29) is 29.6 Å². The van der Waals surface area contributed by atoms with Gasteiger partial charge in [-0.1, -0.05) is 0 Å². The van der Waals surface area contributed by atoms with E-state index in [0.717, 1.165) is 18.2 Å². The standard InChI is InChI=1S/C13H18N4O3S2/c18-12-14-9-7-22(19,20)8-10(9)17(12)11-6-21-13(15-11)16-4-2-1-3-5-16/h6,9-10H,1-5,7-8H2,(H,14,18). The molecule has 0 radical (unpaired) electrons. The molecule has 9 heteroatoms. The lowest BCUT2D eigenvalue weighted by molar-refractivity contribution is 0.251. The van der Waals surface area contributed by atoms with E-state index in [4.69, 9.17) is 0 Å². The average molecular weight is 342 g/mol. The molecule has 0 bridgehead atoms. The Kier molecular flexibility index (Phi) is 3.30. The molecule has 1 aromatic rings. The Hall–Kier alpha value is -1.35. The van der Waals surface area contributed by atoms with Gasteiger partial charge in [-0.2, -0.15) is 0 Å². The van der Waals surface area contributed by atoms with Crippen LogP contribution in [0, 0.1) is 0 Å². The Morgan fingerprint density at radius 1 is 1.23 bits per heavy atom. The van der Waals surface area contributed by atoms with E-state index in [1.165, 1.54) is 35.5 Å². The Balaban J connectivity index is 1.59. The Morgan fingerprint density at radius 2 is 2.00 bits per heavy atom. The first-order chi connectivity index (χ1) is 10.5. The molecule has 2 amide bonds. The molecule has 0 aliphatic carbocycles. The largest absolute Gasteiger partial charge is 0.348 e. The fourth-order valence-corrected chi connectivity index (χ4v) is 6.22. The normalized spacial score (nSPS) is 30.5. The molecule has 120 valence electrons. The number of piperidine rings is 1. The number of thiazole rings is 1. The zero-order chi connectivity index (χ0) is 15.3. The lowest BCUT2D eigenvalue weighted by Gasteiger charge is -2.26. The van der Waals surface area contributed by atoms with Gasteiger partial charge in [-0.3, -0.25) is 4.90 Å². The molecule has 4 rings (SSSR count). The van der Waals surface area contributed by atoms with Crippen LogP contribution in [0.5, 0.6) is 0 Å². The third kappa shape index (κ3) is 2.36. The van der Waals surface area contributed by atoms with Crippen molar-refractivity contribution in [1.82, 2.24) is 10.3 Å².